The van der Waals surface area contributed by atoms with Gasteiger partial charge in [0.25, 0.3) is 0 Å². The second kappa shape index (κ2) is 5.82. The Hall–Kier alpha value is -1.13. The maximum Gasteiger partial charge on any atom is 0.234 e. The van der Waals surface area contributed by atoms with Crippen LogP contribution in [-0.2, 0) is 11.3 Å². The van der Waals surface area contributed by atoms with Crippen molar-refractivity contribution >= 4 is 17.5 Å². The van der Waals surface area contributed by atoms with E-state index < -0.39 is 0 Å². The van der Waals surface area contributed by atoms with Crippen LogP contribution in [0.4, 0.5) is 0 Å². The molecule has 1 unspecified atom stereocenters. The van der Waals surface area contributed by atoms with Gasteiger partial charge in [-0.15, -0.1) is 0 Å². The van der Waals surface area contributed by atoms with Crippen LogP contribution >= 0.6 is 11.6 Å². The second-order valence-electron chi connectivity index (χ2n) is 3.99. The standard InChI is InChI=1S/C11H16ClN3O/c1-7(2)10(11(13)16)15-6-8-3-4-9(12)14-5-8/h3-5,7,10,15H,6H2,1-2H3,(H2,13,16). The van der Waals surface area contributed by atoms with Gasteiger partial charge in [0.2, 0.25) is 5.91 Å². The van der Waals surface area contributed by atoms with Gasteiger partial charge in [-0.25, -0.2) is 4.98 Å². The molecule has 1 amide bonds. The molecule has 0 saturated carbocycles. The van der Waals surface area contributed by atoms with Gasteiger partial charge in [-0.3, -0.25) is 4.79 Å². The number of rotatable bonds is 5. The van der Waals surface area contributed by atoms with E-state index in [1.165, 1.54) is 0 Å². The molecule has 0 aliphatic carbocycles. The van der Waals surface area contributed by atoms with E-state index in [-0.39, 0.29) is 17.9 Å². The van der Waals surface area contributed by atoms with Gasteiger partial charge < -0.3 is 11.1 Å². The van der Waals surface area contributed by atoms with Crippen LogP contribution in [0.5, 0.6) is 0 Å². The van der Waals surface area contributed by atoms with E-state index in [1.807, 2.05) is 19.9 Å². The molecule has 0 aliphatic rings. The molecule has 1 aromatic rings. The SMILES string of the molecule is CC(C)C(NCc1ccc(Cl)nc1)C(N)=O. The van der Waals surface area contributed by atoms with Gasteiger partial charge in [-0.2, -0.15) is 0 Å². The molecule has 4 nitrogen and oxygen atoms in total. The number of carbonyl (C=O) groups is 1. The Morgan fingerprint density at radius 3 is 2.69 bits per heavy atom. The van der Waals surface area contributed by atoms with Crippen molar-refractivity contribution in [3.63, 3.8) is 0 Å². The summed E-state index contributed by atoms with van der Waals surface area (Å²) in [4.78, 5) is 15.1. The molecule has 0 aromatic carbocycles. The molecule has 1 heterocycles. The molecule has 1 rings (SSSR count). The minimum Gasteiger partial charge on any atom is -0.368 e. The van der Waals surface area contributed by atoms with E-state index >= 15 is 0 Å². The zero-order chi connectivity index (χ0) is 12.1. The first kappa shape index (κ1) is 12.9. The van der Waals surface area contributed by atoms with E-state index in [9.17, 15) is 4.79 Å². The highest BCUT2D eigenvalue weighted by molar-refractivity contribution is 6.29. The summed E-state index contributed by atoms with van der Waals surface area (Å²) in [7, 11) is 0. The quantitative estimate of drug-likeness (QED) is 0.765. The van der Waals surface area contributed by atoms with Crippen molar-refractivity contribution in [2.24, 2.45) is 11.7 Å². The predicted molar refractivity (Wildman–Crippen MR) is 63.9 cm³/mol. The maximum absolute atomic E-state index is 11.1. The number of amides is 1. The highest BCUT2D eigenvalue weighted by atomic mass is 35.5. The highest BCUT2D eigenvalue weighted by Crippen LogP contribution is 2.06. The minimum atomic E-state index is -0.336. The molecule has 16 heavy (non-hydrogen) atoms. The predicted octanol–water partition coefficient (Wildman–Crippen LogP) is 1.33. The Balaban J connectivity index is 2.55. The summed E-state index contributed by atoms with van der Waals surface area (Å²) in [6.07, 6.45) is 1.67. The molecule has 1 atom stereocenters. The lowest BCUT2D eigenvalue weighted by Crippen LogP contribution is -2.44. The lowest BCUT2D eigenvalue weighted by Gasteiger charge is -2.18. The summed E-state index contributed by atoms with van der Waals surface area (Å²) >= 11 is 5.67. The van der Waals surface area contributed by atoms with Crippen LogP contribution in [0.3, 0.4) is 0 Å². The smallest absolute Gasteiger partial charge is 0.234 e. The van der Waals surface area contributed by atoms with Crippen molar-refractivity contribution in [1.82, 2.24) is 10.3 Å². The fourth-order valence-corrected chi connectivity index (χ4v) is 1.52. The maximum atomic E-state index is 11.1. The first-order valence-electron chi connectivity index (χ1n) is 5.14. The second-order valence-corrected chi connectivity index (χ2v) is 4.38. The first-order chi connectivity index (χ1) is 7.50. The summed E-state index contributed by atoms with van der Waals surface area (Å²) in [5, 5.41) is 3.55. The van der Waals surface area contributed by atoms with Crippen molar-refractivity contribution in [2.45, 2.75) is 26.4 Å². The van der Waals surface area contributed by atoms with Crippen LogP contribution in [-0.4, -0.2) is 16.9 Å². The number of nitrogens with zero attached hydrogens (tertiary/aromatic N) is 1. The summed E-state index contributed by atoms with van der Waals surface area (Å²) in [5.74, 6) is -0.172. The third kappa shape index (κ3) is 3.79. The monoisotopic (exact) mass is 241 g/mol. The van der Waals surface area contributed by atoms with Crippen LogP contribution in [0.25, 0.3) is 0 Å². The summed E-state index contributed by atoms with van der Waals surface area (Å²) in [5.41, 5.74) is 6.26. The molecular weight excluding hydrogens is 226 g/mol. The number of carbonyl (C=O) groups excluding carboxylic acids is 1. The number of hydrogen-bond donors (Lipinski definition) is 2. The van der Waals surface area contributed by atoms with Crippen LogP contribution in [0.15, 0.2) is 18.3 Å². The number of hydrogen-bond acceptors (Lipinski definition) is 3. The number of pyridine rings is 1. The van der Waals surface area contributed by atoms with Crippen LogP contribution in [0.1, 0.15) is 19.4 Å². The molecule has 1 aromatic heterocycles. The molecule has 0 spiro atoms. The average Bonchev–Trinajstić information content (AvgIpc) is 2.20. The molecule has 88 valence electrons. The van der Waals surface area contributed by atoms with Crippen LogP contribution in [0, 0.1) is 5.92 Å². The number of primary amides is 1. The van der Waals surface area contributed by atoms with E-state index in [0.29, 0.717) is 11.7 Å². The van der Waals surface area contributed by atoms with Gasteiger partial charge in [0, 0.05) is 12.7 Å². The van der Waals surface area contributed by atoms with E-state index in [1.54, 1.807) is 12.3 Å². The normalized spacial score (nSPS) is 12.8. The molecule has 0 radical (unpaired) electrons. The summed E-state index contributed by atoms with van der Waals surface area (Å²) in [6, 6.07) is 3.25. The number of nitrogens with one attached hydrogen (secondary N) is 1. The van der Waals surface area contributed by atoms with Crippen LogP contribution in [0.2, 0.25) is 5.15 Å². The van der Waals surface area contributed by atoms with Gasteiger partial charge in [-0.05, 0) is 17.5 Å². The van der Waals surface area contributed by atoms with Gasteiger partial charge in [0.05, 0.1) is 6.04 Å². The lowest BCUT2D eigenvalue weighted by atomic mass is 10.0. The van der Waals surface area contributed by atoms with Gasteiger partial charge in [0.15, 0.2) is 0 Å². The molecule has 0 saturated heterocycles. The number of halogens is 1. The largest absolute Gasteiger partial charge is 0.368 e. The van der Waals surface area contributed by atoms with Crippen LogP contribution < -0.4 is 11.1 Å². The summed E-state index contributed by atoms with van der Waals surface area (Å²) in [6.45, 7) is 4.45. The zero-order valence-corrected chi connectivity index (χ0v) is 10.2. The van der Waals surface area contributed by atoms with Gasteiger partial charge in [0.1, 0.15) is 5.15 Å². The third-order valence-corrected chi connectivity index (χ3v) is 2.51. The Labute approximate surface area is 100 Å². The fraction of sp³-hybridized carbons (Fsp3) is 0.455. The molecule has 0 aliphatic heterocycles. The van der Waals surface area contributed by atoms with Crippen molar-refractivity contribution in [2.75, 3.05) is 0 Å². The van der Waals surface area contributed by atoms with Gasteiger partial charge in [-0.1, -0.05) is 31.5 Å². The molecular formula is C11H16ClN3O. The van der Waals surface area contributed by atoms with Crippen molar-refractivity contribution < 1.29 is 4.79 Å². The molecule has 0 fully saturated rings. The first-order valence-corrected chi connectivity index (χ1v) is 5.51. The molecule has 3 N–H and O–H groups in total. The molecule has 0 bridgehead atoms. The molecule has 5 heteroatoms. The Kier molecular flexibility index (Phi) is 4.71. The number of nitrogens with two attached hydrogens (primary N) is 1. The van der Waals surface area contributed by atoms with E-state index in [0.717, 1.165) is 5.56 Å². The lowest BCUT2D eigenvalue weighted by molar-refractivity contribution is -0.121. The van der Waals surface area contributed by atoms with E-state index in [4.69, 9.17) is 17.3 Å². The average molecular weight is 242 g/mol. The van der Waals surface area contributed by atoms with Crippen molar-refractivity contribution in [3.05, 3.63) is 29.0 Å². The minimum absolute atomic E-state index is 0.165. The topological polar surface area (TPSA) is 68.0 Å². The Morgan fingerprint density at radius 2 is 2.25 bits per heavy atom. The van der Waals surface area contributed by atoms with Crippen molar-refractivity contribution in [3.8, 4) is 0 Å². The number of aromatic nitrogens is 1. The fourth-order valence-electron chi connectivity index (χ4n) is 1.40. The van der Waals surface area contributed by atoms with Crippen molar-refractivity contribution in [1.29, 1.82) is 0 Å². The van der Waals surface area contributed by atoms with E-state index in [2.05, 4.69) is 10.3 Å². The third-order valence-electron chi connectivity index (χ3n) is 2.29. The highest BCUT2D eigenvalue weighted by Gasteiger charge is 2.18. The Bertz CT molecular complexity index is 351. The Morgan fingerprint density at radius 1 is 1.56 bits per heavy atom. The zero-order valence-electron chi connectivity index (χ0n) is 9.40. The van der Waals surface area contributed by atoms with Gasteiger partial charge >= 0.3 is 0 Å². The summed E-state index contributed by atoms with van der Waals surface area (Å²) < 4.78 is 0.